The molecule has 2 aromatic rings. The van der Waals surface area contributed by atoms with E-state index in [0.717, 1.165) is 24.7 Å². The monoisotopic (exact) mass is 415 g/mol. The Morgan fingerprint density at radius 3 is 2.63 bits per heavy atom. The molecule has 1 aromatic carbocycles. The Hall–Kier alpha value is -1.55. The van der Waals surface area contributed by atoms with Crippen LogP contribution in [0.25, 0.3) is 0 Å². The predicted molar refractivity (Wildman–Crippen MR) is 101 cm³/mol. The highest BCUT2D eigenvalue weighted by Crippen LogP contribution is 2.32. The summed E-state index contributed by atoms with van der Waals surface area (Å²) in [5.74, 6) is 1.37. The van der Waals surface area contributed by atoms with E-state index in [4.69, 9.17) is 0 Å². The van der Waals surface area contributed by atoms with Gasteiger partial charge in [0, 0.05) is 32.1 Å². The summed E-state index contributed by atoms with van der Waals surface area (Å²) in [6, 6.07) is 4.35. The van der Waals surface area contributed by atoms with Gasteiger partial charge in [-0.15, -0.1) is 22.6 Å². The zero-order chi connectivity index (χ0) is 18.3. The number of sulfonamides is 1. The number of fused-ring (bicyclic) bond motifs is 1. The number of nitrogens with zero attached hydrogens (tertiary/aromatic N) is 4. The van der Waals surface area contributed by atoms with Gasteiger partial charge in [-0.1, -0.05) is 12.1 Å². The molecule has 0 atom stereocenters. The Bertz CT molecular complexity index is 905. The van der Waals surface area contributed by atoms with Crippen molar-refractivity contribution < 1.29 is 12.8 Å². The van der Waals surface area contributed by atoms with Gasteiger partial charge in [0.2, 0.25) is 10.0 Å². The Morgan fingerprint density at radius 1 is 1.19 bits per heavy atom. The molecule has 1 N–H and O–H groups in total. The molecule has 0 radical (unpaired) electrons. The SMILES string of the molecule is Cc1cccc(F)c1S(=O)(=O)N1CCC(c2nnc3n2CCNC3)CC1.Cl. The number of hydrogen-bond donors (Lipinski definition) is 1. The Morgan fingerprint density at radius 2 is 1.93 bits per heavy atom. The summed E-state index contributed by atoms with van der Waals surface area (Å²) < 4.78 is 43.5. The molecule has 7 nitrogen and oxygen atoms in total. The average molecular weight is 416 g/mol. The van der Waals surface area contributed by atoms with Crippen molar-refractivity contribution in [2.45, 2.75) is 43.7 Å². The van der Waals surface area contributed by atoms with Crippen LogP contribution in [-0.2, 0) is 23.1 Å². The van der Waals surface area contributed by atoms with Gasteiger partial charge in [0.1, 0.15) is 22.4 Å². The van der Waals surface area contributed by atoms with E-state index in [1.165, 1.54) is 16.4 Å². The van der Waals surface area contributed by atoms with E-state index in [-0.39, 0.29) is 23.2 Å². The predicted octanol–water partition coefficient (Wildman–Crippen LogP) is 1.82. The van der Waals surface area contributed by atoms with Crippen molar-refractivity contribution >= 4 is 22.4 Å². The highest BCUT2D eigenvalue weighted by molar-refractivity contribution is 7.89. The van der Waals surface area contributed by atoms with E-state index in [1.807, 2.05) is 0 Å². The van der Waals surface area contributed by atoms with Crippen molar-refractivity contribution in [1.29, 1.82) is 0 Å². The first-order chi connectivity index (χ1) is 12.5. The van der Waals surface area contributed by atoms with Gasteiger partial charge in [0.05, 0.1) is 6.54 Å². The minimum absolute atomic E-state index is 0. The van der Waals surface area contributed by atoms with Crippen LogP contribution < -0.4 is 5.32 Å². The van der Waals surface area contributed by atoms with E-state index < -0.39 is 15.8 Å². The van der Waals surface area contributed by atoms with Gasteiger partial charge in [-0.25, -0.2) is 12.8 Å². The highest BCUT2D eigenvalue weighted by Gasteiger charge is 2.34. The fourth-order valence-corrected chi connectivity index (χ4v) is 5.58. The Kier molecular flexibility index (Phi) is 5.85. The molecular formula is C17H23ClFN5O2S. The number of nitrogens with one attached hydrogen (secondary N) is 1. The first-order valence-electron chi connectivity index (χ1n) is 8.86. The summed E-state index contributed by atoms with van der Waals surface area (Å²) >= 11 is 0. The lowest BCUT2D eigenvalue weighted by Gasteiger charge is -2.31. The van der Waals surface area contributed by atoms with Crippen LogP contribution in [0.2, 0.25) is 0 Å². The van der Waals surface area contributed by atoms with Gasteiger partial charge >= 0.3 is 0 Å². The van der Waals surface area contributed by atoms with E-state index in [2.05, 4.69) is 20.1 Å². The fraction of sp³-hybridized carbons (Fsp3) is 0.529. The molecule has 1 saturated heterocycles. The Balaban J connectivity index is 0.00000210. The second-order valence-corrected chi connectivity index (χ2v) is 8.74. The normalized spacial score (nSPS) is 18.7. The van der Waals surface area contributed by atoms with Crippen LogP contribution >= 0.6 is 12.4 Å². The molecule has 4 rings (SSSR count). The Labute approximate surface area is 164 Å². The number of aryl methyl sites for hydroxylation is 1. The van der Waals surface area contributed by atoms with Crippen molar-refractivity contribution in [3.05, 3.63) is 41.2 Å². The summed E-state index contributed by atoms with van der Waals surface area (Å²) in [5.41, 5.74) is 0.436. The summed E-state index contributed by atoms with van der Waals surface area (Å²) in [4.78, 5) is -0.204. The van der Waals surface area contributed by atoms with Gasteiger partial charge in [0.25, 0.3) is 0 Å². The summed E-state index contributed by atoms with van der Waals surface area (Å²) in [6.45, 7) is 4.79. The van der Waals surface area contributed by atoms with Crippen LogP contribution in [-0.4, -0.2) is 47.1 Å². The van der Waals surface area contributed by atoms with Gasteiger partial charge < -0.3 is 9.88 Å². The third-order valence-corrected chi connectivity index (χ3v) is 7.31. The van der Waals surface area contributed by atoms with Crippen LogP contribution in [0.5, 0.6) is 0 Å². The molecule has 0 bridgehead atoms. The summed E-state index contributed by atoms with van der Waals surface area (Å²) in [6.07, 6.45) is 1.33. The number of piperidine rings is 1. The molecule has 0 amide bonds. The van der Waals surface area contributed by atoms with Crippen LogP contribution in [0.4, 0.5) is 4.39 Å². The van der Waals surface area contributed by atoms with Gasteiger partial charge in [-0.05, 0) is 31.4 Å². The first kappa shape index (κ1) is 20.2. The largest absolute Gasteiger partial charge is 0.312 e. The molecule has 2 aliphatic heterocycles. The molecular weight excluding hydrogens is 393 g/mol. The average Bonchev–Trinajstić information content (AvgIpc) is 3.05. The topological polar surface area (TPSA) is 80.1 Å². The lowest BCUT2D eigenvalue weighted by atomic mass is 9.97. The molecule has 10 heteroatoms. The van der Waals surface area contributed by atoms with Crippen LogP contribution in [0.15, 0.2) is 23.1 Å². The van der Waals surface area contributed by atoms with E-state index in [0.29, 0.717) is 38.0 Å². The summed E-state index contributed by atoms with van der Waals surface area (Å²) in [7, 11) is -3.83. The van der Waals surface area contributed by atoms with Crippen molar-refractivity contribution in [2.75, 3.05) is 19.6 Å². The number of hydrogen-bond acceptors (Lipinski definition) is 5. The molecule has 0 aliphatic carbocycles. The van der Waals surface area contributed by atoms with Crippen LogP contribution in [0.1, 0.15) is 36.0 Å². The third kappa shape index (κ3) is 3.61. The number of aromatic nitrogens is 3. The second-order valence-electron chi connectivity index (χ2n) is 6.87. The third-order valence-electron chi connectivity index (χ3n) is 5.23. The van der Waals surface area contributed by atoms with Gasteiger partial charge in [-0.2, -0.15) is 4.31 Å². The lowest BCUT2D eigenvalue weighted by Crippen LogP contribution is -2.39. The summed E-state index contributed by atoms with van der Waals surface area (Å²) in [5, 5.41) is 11.8. The molecule has 0 spiro atoms. The van der Waals surface area contributed by atoms with Crippen molar-refractivity contribution in [3.63, 3.8) is 0 Å². The molecule has 148 valence electrons. The quantitative estimate of drug-likeness (QED) is 0.827. The van der Waals surface area contributed by atoms with Gasteiger partial charge in [-0.3, -0.25) is 0 Å². The standard InChI is InChI=1S/C17H22FN5O2S.ClH/c1-12-3-2-4-14(18)16(12)26(24,25)22-8-5-13(6-9-22)17-21-20-15-11-19-7-10-23(15)17;/h2-4,13,19H,5-11H2,1H3;1H. The molecule has 1 fully saturated rings. The molecule has 0 unspecified atom stereocenters. The van der Waals surface area contributed by atoms with Crippen LogP contribution in [0, 0.1) is 12.7 Å². The van der Waals surface area contributed by atoms with E-state index in [1.54, 1.807) is 13.0 Å². The molecule has 2 aliphatic rings. The number of benzene rings is 1. The highest BCUT2D eigenvalue weighted by atomic mass is 35.5. The van der Waals surface area contributed by atoms with E-state index in [9.17, 15) is 12.8 Å². The van der Waals surface area contributed by atoms with Gasteiger partial charge in [0.15, 0.2) is 0 Å². The maximum absolute atomic E-state index is 14.2. The lowest BCUT2D eigenvalue weighted by molar-refractivity contribution is 0.306. The number of rotatable bonds is 3. The smallest absolute Gasteiger partial charge is 0.246 e. The van der Waals surface area contributed by atoms with Crippen molar-refractivity contribution in [2.24, 2.45) is 0 Å². The minimum atomic E-state index is -3.83. The molecule has 1 aromatic heterocycles. The maximum Gasteiger partial charge on any atom is 0.246 e. The fourth-order valence-electron chi connectivity index (χ4n) is 3.84. The van der Waals surface area contributed by atoms with Crippen molar-refractivity contribution in [3.8, 4) is 0 Å². The minimum Gasteiger partial charge on any atom is -0.312 e. The zero-order valence-corrected chi connectivity index (χ0v) is 16.7. The second kappa shape index (κ2) is 7.83. The molecule has 0 saturated carbocycles. The van der Waals surface area contributed by atoms with Crippen molar-refractivity contribution in [1.82, 2.24) is 24.4 Å². The maximum atomic E-state index is 14.2. The van der Waals surface area contributed by atoms with Crippen LogP contribution in [0.3, 0.4) is 0 Å². The van der Waals surface area contributed by atoms with E-state index >= 15 is 0 Å². The molecule has 3 heterocycles. The zero-order valence-electron chi connectivity index (χ0n) is 15.1. The molecule has 27 heavy (non-hydrogen) atoms. The number of halogens is 2. The first-order valence-corrected chi connectivity index (χ1v) is 10.3.